The Hall–Kier alpha value is -2.04. The summed E-state index contributed by atoms with van der Waals surface area (Å²) in [6.45, 7) is 0.912. The second-order valence-corrected chi connectivity index (χ2v) is 7.21. The summed E-state index contributed by atoms with van der Waals surface area (Å²) in [7, 11) is 7.60. The van der Waals surface area contributed by atoms with E-state index in [0.717, 1.165) is 30.9 Å². The van der Waals surface area contributed by atoms with Crippen molar-refractivity contribution in [2.24, 2.45) is 0 Å². The van der Waals surface area contributed by atoms with Crippen molar-refractivity contribution in [1.29, 1.82) is 0 Å². The number of benzene rings is 2. The molecule has 140 valence electrons. The predicted octanol–water partition coefficient (Wildman–Crippen LogP) is 3.45. The van der Waals surface area contributed by atoms with Crippen molar-refractivity contribution in [1.82, 2.24) is 10.2 Å². The summed E-state index contributed by atoms with van der Waals surface area (Å²) in [6, 6.07) is 15.8. The molecule has 4 heteroatoms. The average molecular weight is 354 g/mol. The molecule has 0 fully saturated rings. The SMILES string of the molecule is COc1ccc([C@@H](CN[C@@H]2CCc3ccccc3C2)N(C)C)cc1OC. The molecule has 0 saturated heterocycles. The smallest absolute Gasteiger partial charge is 0.161 e. The van der Waals surface area contributed by atoms with Crippen molar-refractivity contribution < 1.29 is 9.47 Å². The number of likely N-dealkylation sites (N-methyl/N-ethyl adjacent to an activating group) is 1. The molecule has 1 aliphatic rings. The van der Waals surface area contributed by atoms with E-state index in [1.165, 1.54) is 23.1 Å². The van der Waals surface area contributed by atoms with Crippen LogP contribution in [0.2, 0.25) is 0 Å². The van der Waals surface area contributed by atoms with Gasteiger partial charge in [0, 0.05) is 18.6 Å². The van der Waals surface area contributed by atoms with E-state index < -0.39 is 0 Å². The van der Waals surface area contributed by atoms with Crippen LogP contribution in [-0.4, -0.2) is 45.8 Å². The van der Waals surface area contributed by atoms with Gasteiger partial charge in [0.25, 0.3) is 0 Å². The van der Waals surface area contributed by atoms with Gasteiger partial charge in [-0.3, -0.25) is 0 Å². The number of ether oxygens (including phenoxy) is 2. The van der Waals surface area contributed by atoms with Crippen molar-refractivity contribution in [3.05, 3.63) is 59.2 Å². The van der Waals surface area contributed by atoms with Crippen LogP contribution in [0.25, 0.3) is 0 Å². The van der Waals surface area contributed by atoms with Gasteiger partial charge in [-0.1, -0.05) is 30.3 Å². The Balaban J connectivity index is 1.68. The van der Waals surface area contributed by atoms with Gasteiger partial charge in [-0.2, -0.15) is 0 Å². The molecule has 0 aliphatic heterocycles. The van der Waals surface area contributed by atoms with Crippen LogP contribution in [-0.2, 0) is 12.8 Å². The number of rotatable bonds is 7. The lowest BCUT2D eigenvalue weighted by molar-refractivity contribution is 0.273. The van der Waals surface area contributed by atoms with Crippen molar-refractivity contribution >= 4 is 0 Å². The first-order chi connectivity index (χ1) is 12.6. The highest BCUT2D eigenvalue weighted by molar-refractivity contribution is 5.44. The maximum Gasteiger partial charge on any atom is 0.161 e. The molecular formula is C22H30N2O2. The van der Waals surface area contributed by atoms with E-state index in [-0.39, 0.29) is 6.04 Å². The van der Waals surface area contributed by atoms with E-state index in [0.29, 0.717) is 6.04 Å². The lowest BCUT2D eigenvalue weighted by Gasteiger charge is -2.30. The zero-order chi connectivity index (χ0) is 18.5. The molecule has 26 heavy (non-hydrogen) atoms. The van der Waals surface area contributed by atoms with Gasteiger partial charge in [0.1, 0.15) is 0 Å². The summed E-state index contributed by atoms with van der Waals surface area (Å²) in [5.41, 5.74) is 4.23. The highest BCUT2D eigenvalue weighted by Crippen LogP contribution is 2.31. The molecule has 0 unspecified atom stereocenters. The number of hydrogen-bond acceptors (Lipinski definition) is 4. The fraction of sp³-hybridized carbons (Fsp3) is 0.455. The third-order valence-corrected chi connectivity index (χ3v) is 5.36. The normalized spacial score (nSPS) is 17.7. The average Bonchev–Trinajstić information content (AvgIpc) is 2.67. The van der Waals surface area contributed by atoms with Crippen LogP contribution in [0.1, 0.15) is 29.2 Å². The molecule has 0 bridgehead atoms. The Morgan fingerprint density at radius 2 is 1.77 bits per heavy atom. The molecule has 2 aromatic carbocycles. The molecule has 4 nitrogen and oxygen atoms in total. The number of aryl methyl sites for hydroxylation is 1. The van der Waals surface area contributed by atoms with Crippen molar-refractivity contribution in [3.63, 3.8) is 0 Å². The fourth-order valence-corrected chi connectivity index (χ4v) is 3.81. The van der Waals surface area contributed by atoms with Crippen LogP contribution in [0.5, 0.6) is 11.5 Å². The summed E-state index contributed by atoms with van der Waals surface area (Å²) in [6.07, 6.45) is 3.47. The van der Waals surface area contributed by atoms with Gasteiger partial charge in [0.2, 0.25) is 0 Å². The number of nitrogens with zero attached hydrogens (tertiary/aromatic N) is 1. The van der Waals surface area contributed by atoms with Crippen LogP contribution in [0.4, 0.5) is 0 Å². The molecule has 1 aliphatic carbocycles. The third-order valence-electron chi connectivity index (χ3n) is 5.36. The van der Waals surface area contributed by atoms with Crippen LogP contribution in [0.15, 0.2) is 42.5 Å². The summed E-state index contributed by atoms with van der Waals surface area (Å²) in [5, 5.41) is 3.79. The molecule has 1 N–H and O–H groups in total. The minimum Gasteiger partial charge on any atom is -0.493 e. The molecule has 3 rings (SSSR count). The number of hydrogen-bond donors (Lipinski definition) is 1. The highest BCUT2D eigenvalue weighted by atomic mass is 16.5. The number of fused-ring (bicyclic) bond motifs is 1. The molecule has 0 spiro atoms. The third kappa shape index (κ3) is 4.19. The number of nitrogens with one attached hydrogen (secondary N) is 1. The van der Waals surface area contributed by atoms with Gasteiger partial charge in [0.05, 0.1) is 14.2 Å². The quantitative estimate of drug-likeness (QED) is 0.826. The minimum absolute atomic E-state index is 0.284. The van der Waals surface area contributed by atoms with E-state index in [2.05, 4.69) is 60.7 Å². The molecule has 0 heterocycles. The van der Waals surface area contributed by atoms with Gasteiger partial charge in [-0.05, 0) is 62.2 Å². The standard InChI is InChI=1S/C22H30N2O2/c1-24(2)20(18-10-12-21(25-3)22(14-18)26-4)15-23-19-11-9-16-7-5-6-8-17(16)13-19/h5-8,10,12,14,19-20,23H,9,11,13,15H2,1-4H3/t19-,20-/m1/s1. The first-order valence-corrected chi connectivity index (χ1v) is 9.31. The molecular weight excluding hydrogens is 324 g/mol. The summed E-state index contributed by atoms with van der Waals surface area (Å²) < 4.78 is 10.8. The van der Waals surface area contributed by atoms with Gasteiger partial charge in [-0.25, -0.2) is 0 Å². The number of methoxy groups -OCH3 is 2. The lowest BCUT2D eigenvalue weighted by Crippen LogP contribution is -2.40. The molecule has 2 atom stereocenters. The minimum atomic E-state index is 0.284. The van der Waals surface area contributed by atoms with Crippen LogP contribution >= 0.6 is 0 Å². The molecule has 0 radical (unpaired) electrons. The lowest BCUT2D eigenvalue weighted by atomic mass is 9.88. The predicted molar refractivity (Wildman–Crippen MR) is 106 cm³/mol. The van der Waals surface area contributed by atoms with Crippen molar-refractivity contribution in [2.45, 2.75) is 31.3 Å². The van der Waals surface area contributed by atoms with E-state index in [1.54, 1.807) is 14.2 Å². The zero-order valence-electron chi connectivity index (χ0n) is 16.3. The molecule has 2 aromatic rings. The Kier molecular flexibility index (Phi) is 6.17. The Labute approximate surface area is 157 Å². The van der Waals surface area contributed by atoms with Gasteiger partial charge >= 0.3 is 0 Å². The maximum atomic E-state index is 5.48. The monoisotopic (exact) mass is 354 g/mol. The van der Waals surface area contributed by atoms with Crippen LogP contribution < -0.4 is 14.8 Å². The second kappa shape index (κ2) is 8.56. The van der Waals surface area contributed by atoms with E-state index >= 15 is 0 Å². The van der Waals surface area contributed by atoms with Crippen LogP contribution in [0, 0.1) is 0 Å². The zero-order valence-corrected chi connectivity index (χ0v) is 16.3. The molecule has 0 amide bonds. The van der Waals surface area contributed by atoms with E-state index in [9.17, 15) is 0 Å². The molecule has 0 aromatic heterocycles. The Bertz CT molecular complexity index is 730. The van der Waals surface area contributed by atoms with Crippen LogP contribution in [0.3, 0.4) is 0 Å². The summed E-state index contributed by atoms with van der Waals surface area (Å²) in [4.78, 5) is 2.25. The van der Waals surface area contributed by atoms with Crippen molar-refractivity contribution in [3.8, 4) is 11.5 Å². The Morgan fingerprint density at radius 1 is 1.04 bits per heavy atom. The molecule has 0 saturated carbocycles. The fourth-order valence-electron chi connectivity index (χ4n) is 3.81. The summed E-state index contributed by atoms with van der Waals surface area (Å²) >= 11 is 0. The maximum absolute atomic E-state index is 5.48. The first kappa shape index (κ1) is 18.7. The largest absolute Gasteiger partial charge is 0.493 e. The first-order valence-electron chi connectivity index (χ1n) is 9.31. The van der Waals surface area contributed by atoms with E-state index in [4.69, 9.17) is 9.47 Å². The second-order valence-electron chi connectivity index (χ2n) is 7.21. The highest BCUT2D eigenvalue weighted by Gasteiger charge is 2.21. The summed E-state index contributed by atoms with van der Waals surface area (Å²) in [5.74, 6) is 1.55. The topological polar surface area (TPSA) is 33.7 Å². The van der Waals surface area contributed by atoms with E-state index in [1.807, 2.05) is 6.07 Å². The van der Waals surface area contributed by atoms with Gasteiger partial charge in [0.15, 0.2) is 11.5 Å². The Morgan fingerprint density at radius 3 is 2.46 bits per heavy atom. The van der Waals surface area contributed by atoms with Gasteiger partial charge in [-0.15, -0.1) is 0 Å². The van der Waals surface area contributed by atoms with Crippen molar-refractivity contribution in [2.75, 3.05) is 34.9 Å². The van der Waals surface area contributed by atoms with Gasteiger partial charge < -0.3 is 19.7 Å².